The Labute approximate surface area is 112 Å². The van der Waals surface area contributed by atoms with Gasteiger partial charge in [-0.1, -0.05) is 0 Å². The summed E-state index contributed by atoms with van der Waals surface area (Å²) in [4.78, 5) is 4.22. The molecule has 0 aliphatic heterocycles. The molecule has 5 nitrogen and oxygen atoms in total. The molecular formula is C14H17N3O2. The van der Waals surface area contributed by atoms with Crippen molar-refractivity contribution < 1.29 is 9.84 Å². The Balaban J connectivity index is 2.12. The van der Waals surface area contributed by atoms with Gasteiger partial charge in [0.1, 0.15) is 5.75 Å². The first kappa shape index (κ1) is 13.0. The highest BCUT2D eigenvalue weighted by Crippen LogP contribution is 2.24. The van der Waals surface area contributed by atoms with Crippen LogP contribution in [0.2, 0.25) is 0 Å². The molecule has 100 valence electrons. The van der Waals surface area contributed by atoms with Gasteiger partial charge in [0, 0.05) is 24.0 Å². The van der Waals surface area contributed by atoms with Crippen molar-refractivity contribution in [3.8, 4) is 11.5 Å². The van der Waals surface area contributed by atoms with Crippen LogP contribution in [0.15, 0.2) is 36.5 Å². The number of nitrogens with two attached hydrogens (primary N) is 1. The van der Waals surface area contributed by atoms with Gasteiger partial charge in [0.05, 0.1) is 6.61 Å². The molecule has 2 rings (SSSR count). The van der Waals surface area contributed by atoms with Crippen molar-refractivity contribution in [1.82, 2.24) is 4.98 Å². The van der Waals surface area contributed by atoms with E-state index in [0.717, 1.165) is 0 Å². The molecule has 0 saturated heterocycles. The molecule has 0 radical (unpaired) electrons. The first-order valence-corrected chi connectivity index (χ1v) is 6.09. The smallest absolute Gasteiger partial charge is 0.169 e. The summed E-state index contributed by atoms with van der Waals surface area (Å²) < 4.78 is 5.47. The van der Waals surface area contributed by atoms with Crippen molar-refractivity contribution >= 4 is 11.5 Å². The number of nitrogen functional groups attached to an aromatic ring is 1. The lowest BCUT2D eigenvalue weighted by atomic mass is 10.2. The van der Waals surface area contributed by atoms with Crippen LogP contribution in [0.4, 0.5) is 11.5 Å². The van der Waals surface area contributed by atoms with E-state index in [2.05, 4.69) is 10.3 Å². The molecule has 0 aliphatic carbocycles. The first-order valence-electron chi connectivity index (χ1n) is 6.09. The van der Waals surface area contributed by atoms with Crippen molar-refractivity contribution in [3.63, 3.8) is 0 Å². The zero-order valence-corrected chi connectivity index (χ0v) is 10.8. The van der Waals surface area contributed by atoms with Gasteiger partial charge in [-0.15, -0.1) is 0 Å². The van der Waals surface area contributed by atoms with Gasteiger partial charge in [0.15, 0.2) is 11.6 Å². The number of pyridine rings is 1. The van der Waals surface area contributed by atoms with E-state index >= 15 is 0 Å². The standard InChI is InChI=1S/C14H17N3O2/c1-2-19-13-4-3-7-16-14(13)17-9-10-8-11(15)5-6-12(10)18/h3-8,18H,2,9,15H2,1H3,(H,16,17). The van der Waals surface area contributed by atoms with Crippen LogP contribution in [-0.2, 0) is 6.54 Å². The molecule has 4 N–H and O–H groups in total. The molecule has 0 atom stereocenters. The minimum absolute atomic E-state index is 0.204. The predicted octanol–water partition coefficient (Wildman–Crippen LogP) is 2.38. The summed E-state index contributed by atoms with van der Waals surface area (Å²) in [6, 6.07) is 8.62. The average molecular weight is 259 g/mol. The van der Waals surface area contributed by atoms with E-state index in [4.69, 9.17) is 10.5 Å². The van der Waals surface area contributed by atoms with E-state index in [1.807, 2.05) is 19.1 Å². The van der Waals surface area contributed by atoms with Crippen LogP contribution in [0.1, 0.15) is 12.5 Å². The van der Waals surface area contributed by atoms with Gasteiger partial charge in [-0.05, 0) is 37.3 Å². The molecule has 0 aliphatic rings. The molecule has 0 saturated carbocycles. The van der Waals surface area contributed by atoms with E-state index < -0.39 is 0 Å². The number of rotatable bonds is 5. The molecule has 0 unspecified atom stereocenters. The van der Waals surface area contributed by atoms with Gasteiger partial charge in [-0.2, -0.15) is 0 Å². The molecule has 19 heavy (non-hydrogen) atoms. The number of phenols is 1. The van der Waals surface area contributed by atoms with Crippen molar-refractivity contribution in [2.75, 3.05) is 17.7 Å². The Morgan fingerprint density at radius 1 is 1.37 bits per heavy atom. The predicted molar refractivity (Wildman–Crippen MR) is 75.3 cm³/mol. The molecule has 0 spiro atoms. The van der Waals surface area contributed by atoms with Gasteiger partial charge in [0.25, 0.3) is 0 Å². The van der Waals surface area contributed by atoms with E-state index in [9.17, 15) is 5.11 Å². The highest BCUT2D eigenvalue weighted by atomic mass is 16.5. The fourth-order valence-electron chi connectivity index (χ4n) is 1.72. The molecule has 0 fully saturated rings. The third-order valence-electron chi connectivity index (χ3n) is 2.62. The van der Waals surface area contributed by atoms with Gasteiger partial charge < -0.3 is 20.9 Å². The van der Waals surface area contributed by atoms with Crippen LogP contribution in [0, 0.1) is 0 Å². The summed E-state index contributed by atoms with van der Waals surface area (Å²) in [6.07, 6.45) is 1.68. The summed E-state index contributed by atoms with van der Waals surface area (Å²) in [6.45, 7) is 2.92. The van der Waals surface area contributed by atoms with E-state index in [1.54, 1.807) is 24.4 Å². The highest BCUT2D eigenvalue weighted by molar-refractivity contribution is 5.52. The van der Waals surface area contributed by atoms with Gasteiger partial charge in [-0.25, -0.2) is 4.98 Å². The lowest BCUT2D eigenvalue weighted by Crippen LogP contribution is -2.05. The van der Waals surface area contributed by atoms with Crippen molar-refractivity contribution in [1.29, 1.82) is 0 Å². The van der Waals surface area contributed by atoms with Crippen molar-refractivity contribution in [3.05, 3.63) is 42.1 Å². The SMILES string of the molecule is CCOc1cccnc1NCc1cc(N)ccc1O. The monoisotopic (exact) mass is 259 g/mol. The Morgan fingerprint density at radius 2 is 2.21 bits per heavy atom. The maximum atomic E-state index is 9.74. The number of anilines is 2. The normalized spacial score (nSPS) is 10.2. The summed E-state index contributed by atoms with van der Waals surface area (Å²) in [5.74, 6) is 1.54. The minimum atomic E-state index is 0.204. The fourth-order valence-corrected chi connectivity index (χ4v) is 1.72. The molecule has 5 heteroatoms. The van der Waals surface area contributed by atoms with Gasteiger partial charge in [-0.3, -0.25) is 0 Å². The molecule has 2 aromatic rings. The van der Waals surface area contributed by atoms with Crippen LogP contribution >= 0.6 is 0 Å². The second-order valence-electron chi connectivity index (χ2n) is 4.02. The third-order valence-corrected chi connectivity index (χ3v) is 2.62. The Hall–Kier alpha value is -2.43. The quantitative estimate of drug-likeness (QED) is 0.567. The number of nitrogens with one attached hydrogen (secondary N) is 1. The summed E-state index contributed by atoms with van der Waals surface area (Å²) >= 11 is 0. The molecule has 0 amide bonds. The summed E-state index contributed by atoms with van der Waals surface area (Å²) in [7, 11) is 0. The Kier molecular flexibility index (Phi) is 4.07. The second kappa shape index (κ2) is 5.95. The Morgan fingerprint density at radius 3 is 3.00 bits per heavy atom. The van der Waals surface area contributed by atoms with Crippen molar-refractivity contribution in [2.24, 2.45) is 0 Å². The van der Waals surface area contributed by atoms with E-state index in [-0.39, 0.29) is 5.75 Å². The Bertz CT molecular complexity index is 558. The third kappa shape index (κ3) is 3.28. The fraction of sp³-hybridized carbons (Fsp3) is 0.214. The zero-order valence-electron chi connectivity index (χ0n) is 10.8. The number of ether oxygens (including phenoxy) is 1. The number of nitrogens with zero attached hydrogens (tertiary/aromatic N) is 1. The first-order chi connectivity index (χ1) is 9.20. The van der Waals surface area contributed by atoms with Crippen LogP contribution in [0.3, 0.4) is 0 Å². The van der Waals surface area contributed by atoms with Crippen LogP contribution in [0.25, 0.3) is 0 Å². The van der Waals surface area contributed by atoms with Crippen LogP contribution in [0.5, 0.6) is 11.5 Å². The highest BCUT2D eigenvalue weighted by Gasteiger charge is 2.06. The zero-order chi connectivity index (χ0) is 13.7. The summed E-state index contributed by atoms with van der Waals surface area (Å²) in [5, 5.41) is 12.9. The lowest BCUT2D eigenvalue weighted by molar-refractivity contribution is 0.340. The molecule has 1 aromatic carbocycles. The second-order valence-corrected chi connectivity index (χ2v) is 4.02. The molecule has 1 aromatic heterocycles. The number of hydrogen-bond donors (Lipinski definition) is 3. The van der Waals surface area contributed by atoms with E-state index in [1.165, 1.54) is 0 Å². The van der Waals surface area contributed by atoms with Crippen LogP contribution in [-0.4, -0.2) is 16.7 Å². The summed E-state index contributed by atoms with van der Waals surface area (Å²) in [5.41, 5.74) is 7.02. The minimum Gasteiger partial charge on any atom is -0.508 e. The number of benzene rings is 1. The van der Waals surface area contributed by atoms with Gasteiger partial charge >= 0.3 is 0 Å². The van der Waals surface area contributed by atoms with Crippen molar-refractivity contribution in [2.45, 2.75) is 13.5 Å². The topological polar surface area (TPSA) is 80.4 Å². The number of aromatic hydroxyl groups is 1. The number of hydrogen-bond acceptors (Lipinski definition) is 5. The van der Waals surface area contributed by atoms with E-state index in [0.29, 0.717) is 36.0 Å². The number of aromatic nitrogens is 1. The number of phenolic OH excluding ortho intramolecular Hbond substituents is 1. The molecule has 1 heterocycles. The van der Waals surface area contributed by atoms with Crippen LogP contribution < -0.4 is 15.8 Å². The van der Waals surface area contributed by atoms with Gasteiger partial charge in [0.2, 0.25) is 0 Å². The molecule has 0 bridgehead atoms. The molecular weight excluding hydrogens is 242 g/mol. The average Bonchev–Trinajstić information content (AvgIpc) is 2.42. The maximum absolute atomic E-state index is 9.74. The largest absolute Gasteiger partial charge is 0.508 e. The lowest BCUT2D eigenvalue weighted by Gasteiger charge is -2.12. The maximum Gasteiger partial charge on any atom is 0.169 e.